The minimum absolute atomic E-state index is 0.156. The van der Waals surface area contributed by atoms with E-state index in [9.17, 15) is 9.59 Å². The molecule has 3 aromatic rings. The number of hydrogen-bond acceptors (Lipinski definition) is 8. The Balaban J connectivity index is 1.27. The van der Waals surface area contributed by atoms with Gasteiger partial charge in [0.25, 0.3) is 5.91 Å². The number of anilines is 2. The Labute approximate surface area is 173 Å². The van der Waals surface area contributed by atoms with Crippen molar-refractivity contribution < 1.29 is 14.1 Å². The maximum atomic E-state index is 12.2. The molecule has 1 aliphatic carbocycles. The van der Waals surface area contributed by atoms with Gasteiger partial charge in [0.05, 0.1) is 5.75 Å². The first-order valence-electron chi connectivity index (χ1n) is 8.36. The number of hydrogen-bond donors (Lipinski definition) is 2. The maximum Gasteiger partial charge on any atom is 0.279 e. The van der Waals surface area contributed by atoms with Crippen molar-refractivity contribution in [2.45, 2.75) is 23.1 Å². The summed E-state index contributed by atoms with van der Waals surface area (Å²) >= 11 is 8.30. The van der Waals surface area contributed by atoms with Gasteiger partial charge >= 0.3 is 0 Å². The molecule has 0 unspecified atom stereocenters. The Morgan fingerprint density at radius 2 is 2.11 bits per heavy atom. The topological polar surface area (TPSA) is 110 Å². The van der Waals surface area contributed by atoms with Crippen molar-refractivity contribution >= 4 is 57.3 Å². The molecule has 144 valence electrons. The third-order valence-electron chi connectivity index (χ3n) is 3.80. The van der Waals surface area contributed by atoms with Crippen LogP contribution in [-0.2, 0) is 4.79 Å². The lowest BCUT2D eigenvalue weighted by atomic mass is 10.3. The average molecular weight is 436 g/mol. The summed E-state index contributed by atoms with van der Waals surface area (Å²) < 4.78 is 5.74. The lowest BCUT2D eigenvalue weighted by Gasteiger charge is -2.04. The zero-order valence-corrected chi connectivity index (χ0v) is 16.7. The SMILES string of the molecule is O=C(CSc1nnc(NC(=O)c2cc(C3CC3)on2)s1)Nc1cccc(Cl)c1. The van der Waals surface area contributed by atoms with Gasteiger partial charge in [-0.2, -0.15) is 0 Å². The fourth-order valence-corrected chi connectivity index (χ4v) is 4.06. The third kappa shape index (κ3) is 4.89. The van der Waals surface area contributed by atoms with E-state index in [4.69, 9.17) is 16.1 Å². The van der Waals surface area contributed by atoms with E-state index in [-0.39, 0.29) is 17.4 Å². The van der Waals surface area contributed by atoms with Crippen LogP contribution in [0.15, 0.2) is 39.2 Å². The Bertz CT molecular complexity index is 1020. The second-order valence-electron chi connectivity index (χ2n) is 6.06. The average Bonchev–Trinajstić information content (AvgIpc) is 3.22. The van der Waals surface area contributed by atoms with E-state index in [1.54, 1.807) is 30.3 Å². The molecule has 2 N–H and O–H groups in total. The highest BCUT2D eigenvalue weighted by atomic mass is 35.5. The second kappa shape index (κ2) is 8.29. The summed E-state index contributed by atoms with van der Waals surface area (Å²) in [6.45, 7) is 0. The molecule has 0 spiro atoms. The molecule has 8 nitrogen and oxygen atoms in total. The summed E-state index contributed by atoms with van der Waals surface area (Å²) in [5.74, 6) is 0.690. The quantitative estimate of drug-likeness (QED) is 0.425. The van der Waals surface area contributed by atoms with Gasteiger partial charge in [0.15, 0.2) is 10.0 Å². The Hall–Kier alpha value is -2.43. The van der Waals surface area contributed by atoms with Crippen LogP contribution in [0.5, 0.6) is 0 Å². The molecule has 0 atom stereocenters. The van der Waals surface area contributed by atoms with Gasteiger partial charge in [-0.1, -0.05) is 45.9 Å². The van der Waals surface area contributed by atoms with E-state index in [0.29, 0.717) is 26.1 Å². The monoisotopic (exact) mass is 435 g/mol. The Kier molecular flexibility index (Phi) is 5.60. The Morgan fingerprint density at radius 1 is 1.25 bits per heavy atom. The smallest absolute Gasteiger partial charge is 0.279 e. The largest absolute Gasteiger partial charge is 0.360 e. The first-order chi connectivity index (χ1) is 13.6. The molecule has 0 saturated heterocycles. The third-order valence-corrected chi connectivity index (χ3v) is 6.01. The first kappa shape index (κ1) is 18.9. The summed E-state index contributed by atoms with van der Waals surface area (Å²) in [5.41, 5.74) is 0.841. The molecule has 0 radical (unpaired) electrons. The highest BCUT2D eigenvalue weighted by molar-refractivity contribution is 8.01. The van der Waals surface area contributed by atoms with E-state index in [2.05, 4.69) is 26.0 Å². The lowest BCUT2D eigenvalue weighted by molar-refractivity contribution is -0.113. The van der Waals surface area contributed by atoms with E-state index < -0.39 is 5.91 Å². The molecule has 1 fully saturated rings. The molecule has 2 amide bonds. The number of nitrogens with one attached hydrogen (secondary N) is 2. The molecular weight excluding hydrogens is 422 g/mol. The molecule has 11 heteroatoms. The fraction of sp³-hybridized carbons (Fsp3) is 0.235. The zero-order valence-electron chi connectivity index (χ0n) is 14.3. The predicted molar refractivity (Wildman–Crippen MR) is 107 cm³/mol. The number of rotatable bonds is 7. The minimum atomic E-state index is -0.401. The number of aromatic nitrogens is 3. The number of benzene rings is 1. The van der Waals surface area contributed by atoms with Crippen molar-refractivity contribution in [2.24, 2.45) is 0 Å². The zero-order chi connectivity index (χ0) is 19.5. The number of amides is 2. The summed E-state index contributed by atoms with van der Waals surface area (Å²) in [7, 11) is 0. The Morgan fingerprint density at radius 3 is 2.89 bits per heavy atom. The van der Waals surface area contributed by atoms with E-state index in [1.165, 1.54) is 23.1 Å². The van der Waals surface area contributed by atoms with E-state index >= 15 is 0 Å². The van der Waals surface area contributed by atoms with Crippen LogP contribution in [0.1, 0.15) is 35.0 Å². The van der Waals surface area contributed by atoms with Crippen LogP contribution in [0.25, 0.3) is 0 Å². The predicted octanol–water partition coefficient (Wildman–Crippen LogP) is 4.04. The molecule has 2 aromatic heterocycles. The van der Waals surface area contributed by atoms with Crippen molar-refractivity contribution in [1.82, 2.24) is 15.4 Å². The van der Waals surface area contributed by atoms with E-state index in [1.807, 2.05) is 0 Å². The molecule has 1 saturated carbocycles. The van der Waals surface area contributed by atoms with Gasteiger partial charge in [0.1, 0.15) is 5.76 Å². The van der Waals surface area contributed by atoms with Crippen LogP contribution >= 0.6 is 34.7 Å². The van der Waals surface area contributed by atoms with Gasteiger partial charge in [-0.05, 0) is 31.0 Å². The van der Waals surface area contributed by atoms with Crippen LogP contribution in [0, 0.1) is 0 Å². The van der Waals surface area contributed by atoms with Gasteiger partial charge in [-0.3, -0.25) is 14.9 Å². The summed E-state index contributed by atoms with van der Waals surface area (Å²) in [6.07, 6.45) is 2.14. The molecular formula is C17H14ClN5O3S2. The van der Waals surface area contributed by atoms with Crippen molar-refractivity contribution in [3.05, 3.63) is 46.8 Å². The van der Waals surface area contributed by atoms with Crippen molar-refractivity contribution in [2.75, 3.05) is 16.4 Å². The van der Waals surface area contributed by atoms with Gasteiger partial charge in [-0.15, -0.1) is 10.2 Å². The summed E-state index contributed by atoms with van der Waals surface area (Å²) in [4.78, 5) is 24.2. The highest BCUT2D eigenvalue weighted by Gasteiger charge is 2.29. The lowest BCUT2D eigenvalue weighted by Crippen LogP contribution is -2.13. The molecule has 28 heavy (non-hydrogen) atoms. The molecule has 0 aliphatic heterocycles. The molecule has 0 bridgehead atoms. The van der Waals surface area contributed by atoms with Crippen molar-refractivity contribution in [1.29, 1.82) is 0 Å². The standard InChI is InChI=1S/C17H14ClN5O3S2/c18-10-2-1-3-11(6-10)19-14(24)8-27-17-22-21-16(28-17)20-15(25)12-7-13(26-23-12)9-4-5-9/h1-3,6-7,9H,4-5,8H2,(H,19,24)(H,20,21,25). The molecule has 2 heterocycles. The van der Waals surface area contributed by atoms with Crippen LogP contribution in [-0.4, -0.2) is 32.9 Å². The van der Waals surface area contributed by atoms with Crippen LogP contribution in [0.3, 0.4) is 0 Å². The van der Waals surface area contributed by atoms with Gasteiger partial charge in [0, 0.05) is 22.7 Å². The number of carbonyl (C=O) groups is 2. The molecule has 4 rings (SSSR count). The van der Waals surface area contributed by atoms with Crippen molar-refractivity contribution in [3.63, 3.8) is 0 Å². The van der Waals surface area contributed by atoms with Gasteiger partial charge < -0.3 is 9.84 Å². The first-order valence-corrected chi connectivity index (χ1v) is 10.5. The highest BCUT2D eigenvalue weighted by Crippen LogP contribution is 2.40. The number of thioether (sulfide) groups is 1. The van der Waals surface area contributed by atoms with Crippen molar-refractivity contribution in [3.8, 4) is 0 Å². The maximum absolute atomic E-state index is 12.2. The van der Waals surface area contributed by atoms with Crippen LogP contribution in [0.4, 0.5) is 10.8 Å². The van der Waals surface area contributed by atoms with Crippen LogP contribution in [0.2, 0.25) is 5.02 Å². The summed E-state index contributed by atoms with van der Waals surface area (Å²) in [5, 5.41) is 18.0. The van der Waals surface area contributed by atoms with Crippen LogP contribution < -0.4 is 10.6 Å². The second-order valence-corrected chi connectivity index (χ2v) is 8.70. The number of nitrogens with zero attached hydrogens (tertiary/aromatic N) is 3. The fourth-order valence-electron chi connectivity index (χ4n) is 2.33. The molecule has 1 aromatic carbocycles. The van der Waals surface area contributed by atoms with E-state index in [0.717, 1.165) is 18.6 Å². The number of carbonyl (C=O) groups excluding carboxylic acids is 2. The minimum Gasteiger partial charge on any atom is -0.360 e. The van der Waals surface area contributed by atoms with Gasteiger partial charge in [0.2, 0.25) is 11.0 Å². The normalized spacial score (nSPS) is 13.3. The molecule has 1 aliphatic rings. The van der Waals surface area contributed by atoms with Gasteiger partial charge in [-0.25, -0.2) is 0 Å². The number of halogens is 1. The summed E-state index contributed by atoms with van der Waals surface area (Å²) in [6, 6.07) is 8.57.